The van der Waals surface area contributed by atoms with E-state index in [-0.39, 0.29) is 0 Å². The number of methoxy groups -OCH3 is 1. The van der Waals surface area contributed by atoms with Gasteiger partial charge in [-0.2, -0.15) is 0 Å². The average molecular weight is 353 g/mol. The van der Waals surface area contributed by atoms with Crippen molar-refractivity contribution in [3.8, 4) is 11.1 Å². The molecule has 1 amide bonds. The summed E-state index contributed by atoms with van der Waals surface area (Å²) in [4.78, 5) is 26.1. The van der Waals surface area contributed by atoms with Gasteiger partial charge >= 0.3 is 12.1 Å². The highest BCUT2D eigenvalue weighted by molar-refractivity contribution is 5.85. The number of rotatable bonds is 6. The number of amides is 1. The number of benzene rings is 2. The fourth-order valence-corrected chi connectivity index (χ4v) is 3.73. The van der Waals surface area contributed by atoms with Crippen LogP contribution >= 0.6 is 0 Å². The quantitative estimate of drug-likeness (QED) is 0.832. The summed E-state index contributed by atoms with van der Waals surface area (Å²) in [6.07, 6.45) is 1.35. The van der Waals surface area contributed by atoms with Crippen molar-refractivity contribution in [3.63, 3.8) is 0 Å². The summed E-state index contributed by atoms with van der Waals surface area (Å²) in [6, 6.07) is 14.2. The van der Waals surface area contributed by atoms with Crippen molar-refractivity contribution in [1.82, 2.24) is 4.90 Å². The molecule has 1 aliphatic rings. The Labute approximate surface area is 153 Å². The Hall–Kier alpha value is -2.82. The van der Waals surface area contributed by atoms with E-state index < -0.39 is 24.1 Å². The maximum Gasteiger partial charge on any atom is 0.411 e. The number of hydrogen-bond acceptors (Lipinski definition) is 3. The SMILES string of the molecule is CCCC[C@H](C(=O)O)N(C(=O)OC)C1c2ccccc2-c2ccccc21. The summed E-state index contributed by atoms with van der Waals surface area (Å²) in [6.45, 7) is 2.00. The summed E-state index contributed by atoms with van der Waals surface area (Å²) >= 11 is 0. The van der Waals surface area contributed by atoms with Gasteiger partial charge in [-0.15, -0.1) is 0 Å². The number of nitrogens with zero attached hydrogens (tertiary/aromatic N) is 1. The van der Waals surface area contributed by atoms with Crippen LogP contribution in [0.15, 0.2) is 48.5 Å². The third kappa shape index (κ3) is 3.05. The van der Waals surface area contributed by atoms with Crippen molar-refractivity contribution in [3.05, 3.63) is 59.7 Å². The number of carbonyl (C=O) groups excluding carboxylic acids is 1. The Kier molecular flexibility index (Phi) is 5.26. The summed E-state index contributed by atoms with van der Waals surface area (Å²) in [7, 11) is 1.29. The Morgan fingerprint density at radius 3 is 2.08 bits per heavy atom. The summed E-state index contributed by atoms with van der Waals surface area (Å²) < 4.78 is 4.99. The van der Waals surface area contributed by atoms with E-state index >= 15 is 0 Å². The van der Waals surface area contributed by atoms with E-state index in [0.717, 1.165) is 35.1 Å². The molecule has 1 N–H and O–H groups in total. The van der Waals surface area contributed by atoms with E-state index in [1.165, 1.54) is 12.0 Å². The molecule has 2 aromatic carbocycles. The molecule has 1 aliphatic carbocycles. The van der Waals surface area contributed by atoms with Gasteiger partial charge in [-0.25, -0.2) is 9.59 Å². The number of carboxylic acids is 1. The van der Waals surface area contributed by atoms with E-state index in [2.05, 4.69) is 0 Å². The first-order valence-corrected chi connectivity index (χ1v) is 8.87. The second-order valence-corrected chi connectivity index (χ2v) is 6.45. The van der Waals surface area contributed by atoms with Crippen LogP contribution in [0.5, 0.6) is 0 Å². The molecule has 1 atom stereocenters. The Morgan fingerprint density at radius 1 is 1.08 bits per heavy atom. The van der Waals surface area contributed by atoms with Crippen LogP contribution in [0.3, 0.4) is 0 Å². The fourth-order valence-electron chi connectivity index (χ4n) is 3.73. The summed E-state index contributed by atoms with van der Waals surface area (Å²) in [5.41, 5.74) is 3.92. The Balaban J connectivity index is 2.15. The van der Waals surface area contributed by atoms with Crippen LogP contribution < -0.4 is 0 Å². The number of hydrogen-bond donors (Lipinski definition) is 1. The van der Waals surface area contributed by atoms with E-state index in [1.54, 1.807) is 0 Å². The van der Waals surface area contributed by atoms with Gasteiger partial charge in [0.2, 0.25) is 0 Å². The number of unbranched alkanes of at least 4 members (excludes halogenated alkanes) is 1. The lowest BCUT2D eigenvalue weighted by molar-refractivity contribution is -0.143. The lowest BCUT2D eigenvalue weighted by Gasteiger charge is -2.34. The molecule has 0 bridgehead atoms. The zero-order valence-electron chi connectivity index (χ0n) is 15.0. The highest BCUT2D eigenvalue weighted by Crippen LogP contribution is 2.47. The third-order valence-electron chi connectivity index (χ3n) is 4.92. The van der Waals surface area contributed by atoms with Crippen LogP contribution in [0.25, 0.3) is 11.1 Å². The van der Waals surface area contributed by atoms with Crippen LogP contribution in [0.4, 0.5) is 4.79 Å². The minimum atomic E-state index is -1.01. The van der Waals surface area contributed by atoms with E-state index in [0.29, 0.717) is 6.42 Å². The predicted octanol–water partition coefficient (Wildman–Crippen LogP) is 4.47. The summed E-state index contributed by atoms with van der Waals surface area (Å²) in [5, 5.41) is 9.82. The molecule has 3 rings (SSSR count). The molecule has 0 heterocycles. The Morgan fingerprint density at radius 2 is 1.62 bits per heavy atom. The van der Waals surface area contributed by atoms with E-state index in [4.69, 9.17) is 4.74 Å². The van der Waals surface area contributed by atoms with Crippen molar-refractivity contribution in [1.29, 1.82) is 0 Å². The molecule has 0 radical (unpaired) electrons. The Bertz CT molecular complexity index is 772. The van der Waals surface area contributed by atoms with Crippen molar-refractivity contribution in [2.24, 2.45) is 0 Å². The molecule has 0 unspecified atom stereocenters. The first-order valence-electron chi connectivity index (χ1n) is 8.87. The number of aliphatic carboxylic acids is 1. The molecule has 136 valence electrons. The first-order chi connectivity index (χ1) is 12.6. The maximum atomic E-state index is 12.7. The molecular formula is C21H23NO4. The zero-order valence-corrected chi connectivity index (χ0v) is 15.0. The van der Waals surface area contributed by atoms with Crippen molar-refractivity contribution >= 4 is 12.1 Å². The maximum absolute atomic E-state index is 12.7. The highest BCUT2D eigenvalue weighted by Gasteiger charge is 2.41. The first kappa shape index (κ1) is 18.0. The lowest BCUT2D eigenvalue weighted by Crippen LogP contribution is -2.47. The number of fused-ring (bicyclic) bond motifs is 3. The van der Waals surface area contributed by atoms with Gasteiger partial charge in [0.15, 0.2) is 0 Å². The minimum Gasteiger partial charge on any atom is -0.480 e. The number of carbonyl (C=O) groups is 2. The van der Waals surface area contributed by atoms with Gasteiger partial charge < -0.3 is 9.84 Å². The van der Waals surface area contributed by atoms with Gasteiger partial charge in [-0.3, -0.25) is 4.90 Å². The number of ether oxygens (including phenoxy) is 1. The minimum absolute atomic E-state index is 0.391. The van der Waals surface area contributed by atoms with Gasteiger partial charge in [0.1, 0.15) is 6.04 Å². The predicted molar refractivity (Wildman–Crippen MR) is 98.9 cm³/mol. The largest absolute Gasteiger partial charge is 0.480 e. The highest BCUT2D eigenvalue weighted by atomic mass is 16.5. The topological polar surface area (TPSA) is 66.8 Å². The van der Waals surface area contributed by atoms with Crippen molar-refractivity contribution in [2.75, 3.05) is 7.11 Å². The molecule has 2 aromatic rings. The molecule has 0 aliphatic heterocycles. The lowest BCUT2D eigenvalue weighted by atomic mass is 9.99. The summed E-state index contributed by atoms with van der Waals surface area (Å²) in [5.74, 6) is -1.01. The molecule has 26 heavy (non-hydrogen) atoms. The molecule has 5 nitrogen and oxygen atoms in total. The monoisotopic (exact) mass is 353 g/mol. The molecule has 0 saturated carbocycles. The standard InChI is InChI=1S/C21H23NO4/c1-3-4-13-18(20(23)24)22(21(25)26-2)19-16-11-7-5-9-14(16)15-10-6-8-12-17(15)19/h5-12,18-19H,3-4,13H2,1-2H3,(H,23,24)/t18-/m1/s1. The van der Waals surface area contributed by atoms with Crippen LogP contribution in [-0.4, -0.2) is 35.2 Å². The molecular weight excluding hydrogens is 330 g/mol. The number of carboxylic acid groups (broad SMARTS) is 1. The van der Waals surface area contributed by atoms with Crippen LogP contribution in [-0.2, 0) is 9.53 Å². The van der Waals surface area contributed by atoms with Gasteiger partial charge in [0, 0.05) is 0 Å². The average Bonchev–Trinajstić information content (AvgIpc) is 2.99. The van der Waals surface area contributed by atoms with Crippen molar-refractivity contribution < 1.29 is 19.4 Å². The van der Waals surface area contributed by atoms with Gasteiger partial charge in [-0.1, -0.05) is 68.3 Å². The zero-order chi connectivity index (χ0) is 18.7. The molecule has 0 aromatic heterocycles. The van der Waals surface area contributed by atoms with E-state index in [1.807, 2.05) is 55.5 Å². The van der Waals surface area contributed by atoms with Crippen LogP contribution in [0, 0.1) is 0 Å². The third-order valence-corrected chi connectivity index (χ3v) is 4.92. The van der Waals surface area contributed by atoms with Crippen LogP contribution in [0.2, 0.25) is 0 Å². The second-order valence-electron chi connectivity index (χ2n) is 6.45. The normalized spacial score (nSPS) is 13.6. The smallest absolute Gasteiger partial charge is 0.411 e. The molecule has 0 spiro atoms. The van der Waals surface area contributed by atoms with E-state index in [9.17, 15) is 14.7 Å². The van der Waals surface area contributed by atoms with Gasteiger partial charge in [0.25, 0.3) is 0 Å². The van der Waals surface area contributed by atoms with Gasteiger partial charge in [0.05, 0.1) is 13.2 Å². The van der Waals surface area contributed by atoms with Gasteiger partial charge in [-0.05, 0) is 28.7 Å². The fraction of sp³-hybridized carbons (Fsp3) is 0.333. The molecule has 0 saturated heterocycles. The van der Waals surface area contributed by atoms with Crippen LogP contribution in [0.1, 0.15) is 43.4 Å². The molecule has 5 heteroatoms. The second kappa shape index (κ2) is 7.60. The molecule has 0 fully saturated rings. The van der Waals surface area contributed by atoms with Crippen molar-refractivity contribution in [2.45, 2.75) is 38.3 Å².